The van der Waals surface area contributed by atoms with E-state index in [9.17, 15) is 4.79 Å². The maximum absolute atomic E-state index is 12.3. The zero-order chi connectivity index (χ0) is 16.0. The van der Waals surface area contributed by atoms with E-state index in [1.165, 1.54) is 5.56 Å². The van der Waals surface area contributed by atoms with Crippen LogP contribution in [0, 0.1) is 6.92 Å². The van der Waals surface area contributed by atoms with Gasteiger partial charge in [0, 0.05) is 25.2 Å². The fraction of sp³-hybridized carbons (Fsp3) is 0.588. The van der Waals surface area contributed by atoms with Crippen molar-refractivity contribution in [2.45, 2.75) is 39.8 Å². The fourth-order valence-corrected chi connectivity index (χ4v) is 2.71. The van der Waals surface area contributed by atoms with E-state index in [4.69, 9.17) is 5.73 Å². The van der Waals surface area contributed by atoms with E-state index < -0.39 is 0 Å². The van der Waals surface area contributed by atoms with E-state index in [1.807, 2.05) is 32.7 Å². The summed E-state index contributed by atoms with van der Waals surface area (Å²) in [6.07, 6.45) is 0. The van der Waals surface area contributed by atoms with Crippen LogP contribution in [0.2, 0.25) is 0 Å². The number of nitrogens with two attached hydrogens (primary N) is 1. The minimum Gasteiger partial charge on any atom is -0.342 e. The first-order chi connectivity index (χ1) is 9.90. The second-order valence-electron chi connectivity index (χ2n) is 5.70. The summed E-state index contributed by atoms with van der Waals surface area (Å²) in [6.45, 7) is 9.95. The molecule has 21 heavy (non-hydrogen) atoms. The minimum absolute atomic E-state index is 0.0396. The molecule has 4 heteroatoms. The Bertz CT molecular complexity index is 438. The Labute approximate surface area is 128 Å². The molecule has 0 radical (unpaired) electrons. The van der Waals surface area contributed by atoms with Gasteiger partial charge in [0.1, 0.15) is 0 Å². The Morgan fingerprint density at radius 2 is 1.71 bits per heavy atom. The number of carbonyl (C=O) groups is 1. The van der Waals surface area contributed by atoms with Crippen LogP contribution in [-0.2, 0) is 4.79 Å². The maximum Gasteiger partial charge on any atom is 0.236 e. The van der Waals surface area contributed by atoms with Crippen LogP contribution in [0.1, 0.15) is 37.9 Å². The summed E-state index contributed by atoms with van der Waals surface area (Å²) in [6, 6.07) is 8.38. The van der Waals surface area contributed by atoms with Crippen LogP contribution >= 0.6 is 0 Å². The normalized spacial score (nSPS) is 14.0. The van der Waals surface area contributed by atoms with E-state index in [0.29, 0.717) is 6.54 Å². The van der Waals surface area contributed by atoms with Crippen molar-refractivity contribution in [3.8, 4) is 0 Å². The highest BCUT2D eigenvalue weighted by Crippen LogP contribution is 2.22. The second-order valence-corrected chi connectivity index (χ2v) is 5.70. The van der Waals surface area contributed by atoms with E-state index >= 15 is 0 Å². The monoisotopic (exact) mass is 291 g/mol. The van der Waals surface area contributed by atoms with Gasteiger partial charge in [0.2, 0.25) is 5.91 Å². The van der Waals surface area contributed by atoms with E-state index in [-0.39, 0.29) is 18.0 Å². The van der Waals surface area contributed by atoms with Gasteiger partial charge in [-0.25, -0.2) is 0 Å². The molecule has 4 nitrogen and oxygen atoms in total. The number of rotatable bonds is 7. The summed E-state index contributed by atoms with van der Waals surface area (Å²) < 4.78 is 0. The predicted octanol–water partition coefficient (Wildman–Crippen LogP) is 2.18. The number of likely N-dealkylation sites (N-methyl/N-ethyl adjacent to an activating group) is 2. The lowest BCUT2D eigenvalue weighted by molar-refractivity contribution is -0.132. The first kappa shape index (κ1) is 17.7. The van der Waals surface area contributed by atoms with Crippen molar-refractivity contribution in [3.05, 3.63) is 35.4 Å². The van der Waals surface area contributed by atoms with E-state index in [2.05, 4.69) is 36.1 Å². The molecule has 1 aromatic carbocycles. The number of nitrogens with zero attached hydrogens (tertiary/aromatic N) is 2. The van der Waals surface area contributed by atoms with Gasteiger partial charge in [0.15, 0.2) is 0 Å². The van der Waals surface area contributed by atoms with Gasteiger partial charge in [-0.3, -0.25) is 9.69 Å². The van der Waals surface area contributed by atoms with Crippen LogP contribution in [-0.4, -0.2) is 48.4 Å². The van der Waals surface area contributed by atoms with Gasteiger partial charge in [0.25, 0.3) is 0 Å². The molecule has 0 bridgehead atoms. The van der Waals surface area contributed by atoms with Gasteiger partial charge >= 0.3 is 0 Å². The number of hydrogen-bond acceptors (Lipinski definition) is 3. The zero-order valence-electron chi connectivity index (χ0n) is 14.0. The van der Waals surface area contributed by atoms with Gasteiger partial charge in [-0.15, -0.1) is 0 Å². The highest BCUT2D eigenvalue weighted by molar-refractivity contribution is 5.78. The molecule has 0 saturated heterocycles. The van der Waals surface area contributed by atoms with Crippen LogP contribution in [0.4, 0.5) is 0 Å². The molecule has 0 aromatic heterocycles. The molecule has 118 valence electrons. The number of benzene rings is 1. The Morgan fingerprint density at radius 3 is 2.14 bits per heavy atom. The van der Waals surface area contributed by atoms with Gasteiger partial charge in [0.05, 0.1) is 6.54 Å². The second kappa shape index (κ2) is 8.15. The summed E-state index contributed by atoms with van der Waals surface area (Å²) in [7, 11) is 1.97. The Morgan fingerprint density at radius 1 is 1.19 bits per heavy atom. The van der Waals surface area contributed by atoms with Crippen molar-refractivity contribution in [3.63, 3.8) is 0 Å². The summed E-state index contributed by atoms with van der Waals surface area (Å²) in [5, 5.41) is 0. The highest BCUT2D eigenvalue weighted by Gasteiger charge is 2.24. The molecule has 1 amide bonds. The molecule has 2 unspecified atom stereocenters. The summed E-state index contributed by atoms with van der Waals surface area (Å²) >= 11 is 0. The van der Waals surface area contributed by atoms with Crippen LogP contribution in [0.25, 0.3) is 0 Å². The lowest BCUT2D eigenvalue weighted by atomic mass is 9.98. The lowest BCUT2D eigenvalue weighted by Gasteiger charge is -2.32. The third-order valence-corrected chi connectivity index (χ3v) is 3.89. The Balaban J connectivity index is 2.85. The van der Waals surface area contributed by atoms with Crippen molar-refractivity contribution in [1.82, 2.24) is 9.80 Å². The van der Waals surface area contributed by atoms with Gasteiger partial charge in [-0.1, -0.05) is 29.8 Å². The Hall–Kier alpha value is -1.39. The van der Waals surface area contributed by atoms with Crippen LogP contribution in [0.5, 0.6) is 0 Å². The average Bonchev–Trinajstić information content (AvgIpc) is 2.42. The number of carbonyl (C=O) groups excluding carboxylic acids is 1. The van der Waals surface area contributed by atoms with Crippen molar-refractivity contribution in [2.24, 2.45) is 5.73 Å². The predicted molar refractivity (Wildman–Crippen MR) is 88.1 cm³/mol. The highest BCUT2D eigenvalue weighted by atomic mass is 16.2. The number of amides is 1. The van der Waals surface area contributed by atoms with Crippen molar-refractivity contribution in [1.29, 1.82) is 0 Å². The van der Waals surface area contributed by atoms with Crippen molar-refractivity contribution >= 4 is 5.91 Å². The number of aryl methyl sites for hydroxylation is 1. The summed E-state index contributed by atoms with van der Waals surface area (Å²) in [4.78, 5) is 16.2. The quantitative estimate of drug-likeness (QED) is 0.838. The molecule has 0 aliphatic heterocycles. The molecule has 2 N–H and O–H groups in total. The summed E-state index contributed by atoms with van der Waals surface area (Å²) in [5.74, 6) is 0.153. The molecule has 1 rings (SSSR count). The maximum atomic E-state index is 12.3. The van der Waals surface area contributed by atoms with Gasteiger partial charge < -0.3 is 10.6 Å². The smallest absolute Gasteiger partial charge is 0.236 e. The molecule has 0 saturated carbocycles. The van der Waals surface area contributed by atoms with Gasteiger partial charge in [-0.05, 0) is 40.3 Å². The van der Waals surface area contributed by atoms with Crippen molar-refractivity contribution in [2.75, 3.05) is 26.7 Å². The van der Waals surface area contributed by atoms with Crippen LogP contribution < -0.4 is 5.73 Å². The molecule has 0 fully saturated rings. The first-order valence-corrected chi connectivity index (χ1v) is 7.70. The van der Waals surface area contributed by atoms with E-state index in [0.717, 1.165) is 18.7 Å². The van der Waals surface area contributed by atoms with Crippen LogP contribution in [0.15, 0.2) is 24.3 Å². The molecule has 0 spiro atoms. The topological polar surface area (TPSA) is 49.6 Å². The molecule has 2 atom stereocenters. The molecule has 0 heterocycles. The fourth-order valence-electron chi connectivity index (χ4n) is 2.71. The third kappa shape index (κ3) is 4.83. The first-order valence-electron chi connectivity index (χ1n) is 7.70. The average molecular weight is 291 g/mol. The van der Waals surface area contributed by atoms with Crippen LogP contribution in [0.3, 0.4) is 0 Å². The SMILES string of the molecule is CCN(CC)C(=O)CN(C)C(c1ccc(C)cc1)C(C)N. The molecular formula is C17H29N3O. The lowest BCUT2D eigenvalue weighted by Crippen LogP contribution is -2.44. The molecule has 0 aliphatic rings. The number of hydrogen-bond donors (Lipinski definition) is 1. The summed E-state index contributed by atoms with van der Waals surface area (Å²) in [5.41, 5.74) is 8.54. The standard InChI is InChI=1S/C17H29N3O/c1-6-20(7-2)16(21)12-19(5)17(14(4)18)15-10-8-13(3)9-11-15/h8-11,14,17H,6-7,12,18H2,1-5H3. The molecule has 1 aromatic rings. The van der Waals surface area contributed by atoms with Crippen molar-refractivity contribution < 1.29 is 4.79 Å². The van der Waals surface area contributed by atoms with Gasteiger partial charge in [-0.2, -0.15) is 0 Å². The Kier molecular flexibility index (Phi) is 6.85. The third-order valence-electron chi connectivity index (χ3n) is 3.89. The van der Waals surface area contributed by atoms with E-state index in [1.54, 1.807) is 0 Å². The minimum atomic E-state index is -0.0396. The molecule has 0 aliphatic carbocycles. The largest absolute Gasteiger partial charge is 0.342 e. The molecular weight excluding hydrogens is 262 g/mol. The zero-order valence-corrected chi connectivity index (χ0v) is 14.0.